The Hall–Kier alpha value is -3.43. The van der Waals surface area contributed by atoms with Crippen LogP contribution in [-0.4, -0.2) is 9.97 Å². The molecule has 0 aliphatic heterocycles. The SMILES string of the molecule is c1cc(-c2nc3ccccc3s2)cc(-c2cccc3c2[nH]c2ccccc23)c1. The molecule has 2 heterocycles. The van der Waals surface area contributed by atoms with Crippen molar-refractivity contribution in [3.05, 3.63) is 91.0 Å². The van der Waals surface area contributed by atoms with Crippen LogP contribution in [0.3, 0.4) is 0 Å². The van der Waals surface area contributed by atoms with E-state index in [0.717, 1.165) is 16.1 Å². The molecule has 0 saturated heterocycles. The Labute approximate surface area is 166 Å². The molecule has 0 spiro atoms. The molecular formula is C25H16N2S. The van der Waals surface area contributed by atoms with Crippen molar-refractivity contribution in [3.8, 4) is 21.7 Å². The lowest BCUT2D eigenvalue weighted by Gasteiger charge is -2.06. The fourth-order valence-corrected chi connectivity index (χ4v) is 4.89. The highest BCUT2D eigenvalue weighted by molar-refractivity contribution is 7.21. The molecule has 0 unspecified atom stereocenters. The second-order valence-electron chi connectivity index (χ2n) is 6.97. The van der Waals surface area contributed by atoms with Crippen LogP contribution < -0.4 is 0 Å². The van der Waals surface area contributed by atoms with E-state index in [0.29, 0.717) is 0 Å². The van der Waals surface area contributed by atoms with E-state index in [2.05, 4.69) is 89.9 Å². The van der Waals surface area contributed by atoms with Gasteiger partial charge in [0.15, 0.2) is 0 Å². The predicted octanol–water partition coefficient (Wildman–Crippen LogP) is 7.26. The lowest BCUT2D eigenvalue weighted by molar-refractivity contribution is 1.47. The van der Waals surface area contributed by atoms with Gasteiger partial charge in [0.2, 0.25) is 0 Å². The Morgan fingerprint density at radius 1 is 0.679 bits per heavy atom. The average Bonchev–Trinajstić information content (AvgIpc) is 3.35. The first-order valence-corrected chi connectivity index (χ1v) is 10.1. The molecular weight excluding hydrogens is 360 g/mol. The van der Waals surface area contributed by atoms with Crippen molar-refractivity contribution >= 4 is 43.4 Å². The molecule has 132 valence electrons. The Bertz CT molecular complexity index is 1440. The number of aromatic amines is 1. The molecule has 28 heavy (non-hydrogen) atoms. The maximum absolute atomic E-state index is 4.83. The van der Waals surface area contributed by atoms with Gasteiger partial charge in [0.05, 0.1) is 15.7 Å². The molecule has 4 aromatic carbocycles. The van der Waals surface area contributed by atoms with Gasteiger partial charge in [-0.05, 0) is 29.8 Å². The van der Waals surface area contributed by atoms with Crippen LogP contribution in [0.1, 0.15) is 0 Å². The third-order valence-electron chi connectivity index (χ3n) is 5.26. The van der Waals surface area contributed by atoms with E-state index in [4.69, 9.17) is 4.98 Å². The molecule has 0 bridgehead atoms. The number of H-pyrrole nitrogens is 1. The predicted molar refractivity (Wildman–Crippen MR) is 120 cm³/mol. The lowest BCUT2D eigenvalue weighted by Crippen LogP contribution is -1.82. The normalized spacial score (nSPS) is 11.6. The van der Waals surface area contributed by atoms with Crippen LogP contribution in [0.2, 0.25) is 0 Å². The van der Waals surface area contributed by atoms with Gasteiger partial charge in [-0.1, -0.05) is 66.7 Å². The standard InChI is InChI=1S/C25H16N2S/c1-2-12-21-19(9-1)20-11-6-10-18(24(20)26-21)16-7-5-8-17(15-16)25-27-22-13-3-4-14-23(22)28-25/h1-15,26H. The monoisotopic (exact) mass is 376 g/mol. The van der Waals surface area contributed by atoms with E-state index in [1.165, 1.54) is 37.6 Å². The molecule has 6 rings (SSSR count). The minimum Gasteiger partial charge on any atom is -0.354 e. The van der Waals surface area contributed by atoms with Crippen molar-refractivity contribution in [3.63, 3.8) is 0 Å². The Kier molecular flexibility index (Phi) is 3.37. The van der Waals surface area contributed by atoms with Gasteiger partial charge in [0.25, 0.3) is 0 Å². The molecule has 0 aliphatic carbocycles. The van der Waals surface area contributed by atoms with Crippen LogP contribution in [0.4, 0.5) is 0 Å². The van der Waals surface area contributed by atoms with Crippen LogP contribution in [0.25, 0.3) is 53.7 Å². The zero-order valence-electron chi connectivity index (χ0n) is 15.0. The first kappa shape index (κ1) is 15.6. The molecule has 0 atom stereocenters. The Morgan fingerprint density at radius 3 is 2.43 bits per heavy atom. The summed E-state index contributed by atoms with van der Waals surface area (Å²) >= 11 is 1.74. The van der Waals surface area contributed by atoms with Crippen molar-refractivity contribution in [2.45, 2.75) is 0 Å². The van der Waals surface area contributed by atoms with Crippen molar-refractivity contribution in [1.29, 1.82) is 0 Å². The number of para-hydroxylation sites is 3. The number of fused-ring (bicyclic) bond motifs is 4. The second-order valence-corrected chi connectivity index (χ2v) is 8.00. The summed E-state index contributed by atoms with van der Waals surface area (Å²) in [6, 6.07) is 32.0. The quantitative estimate of drug-likeness (QED) is 0.338. The highest BCUT2D eigenvalue weighted by Crippen LogP contribution is 2.36. The molecule has 3 heteroatoms. The van der Waals surface area contributed by atoms with Crippen molar-refractivity contribution in [1.82, 2.24) is 9.97 Å². The number of hydrogen-bond acceptors (Lipinski definition) is 2. The first-order chi connectivity index (χ1) is 13.9. The fraction of sp³-hybridized carbons (Fsp3) is 0. The number of thiazole rings is 1. The molecule has 2 nitrogen and oxygen atoms in total. The van der Waals surface area contributed by atoms with E-state index < -0.39 is 0 Å². The number of rotatable bonds is 2. The fourth-order valence-electron chi connectivity index (χ4n) is 3.93. The summed E-state index contributed by atoms with van der Waals surface area (Å²) in [4.78, 5) is 8.44. The highest BCUT2D eigenvalue weighted by atomic mass is 32.1. The first-order valence-electron chi connectivity index (χ1n) is 9.33. The van der Waals surface area contributed by atoms with Gasteiger partial charge in [0.1, 0.15) is 5.01 Å². The van der Waals surface area contributed by atoms with Crippen LogP contribution >= 0.6 is 11.3 Å². The zero-order valence-corrected chi connectivity index (χ0v) is 15.8. The Morgan fingerprint density at radius 2 is 1.46 bits per heavy atom. The molecule has 2 aromatic heterocycles. The van der Waals surface area contributed by atoms with Gasteiger partial charge in [-0.2, -0.15) is 0 Å². The summed E-state index contributed by atoms with van der Waals surface area (Å²) < 4.78 is 1.22. The van der Waals surface area contributed by atoms with E-state index in [1.54, 1.807) is 11.3 Å². The largest absolute Gasteiger partial charge is 0.354 e. The van der Waals surface area contributed by atoms with Crippen LogP contribution in [0.5, 0.6) is 0 Å². The van der Waals surface area contributed by atoms with Crippen LogP contribution in [0.15, 0.2) is 91.0 Å². The van der Waals surface area contributed by atoms with Crippen LogP contribution in [-0.2, 0) is 0 Å². The van der Waals surface area contributed by atoms with Crippen molar-refractivity contribution in [2.24, 2.45) is 0 Å². The molecule has 0 amide bonds. The molecule has 6 aromatic rings. The smallest absolute Gasteiger partial charge is 0.124 e. The topological polar surface area (TPSA) is 28.7 Å². The zero-order chi connectivity index (χ0) is 18.5. The third kappa shape index (κ3) is 2.37. The Balaban J connectivity index is 1.55. The number of nitrogens with one attached hydrogen (secondary N) is 1. The van der Waals surface area contributed by atoms with E-state index in [9.17, 15) is 0 Å². The maximum Gasteiger partial charge on any atom is 0.124 e. The van der Waals surface area contributed by atoms with E-state index >= 15 is 0 Å². The summed E-state index contributed by atoms with van der Waals surface area (Å²) in [5.41, 5.74) is 7.00. The van der Waals surface area contributed by atoms with Gasteiger partial charge in [0, 0.05) is 27.4 Å². The van der Waals surface area contributed by atoms with Gasteiger partial charge >= 0.3 is 0 Å². The molecule has 0 radical (unpaired) electrons. The molecule has 0 fully saturated rings. The van der Waals surface area contributed by atoms with Gasteiger partial charge in [-0.15, -0.1) is 11.3 Å². The minimum atomic E-state index is 1.06. The summed E-state index contributed by atoms with van der Waals surface area (Å²) in [5, 5.41) is 3.59. The number of benzene rings is 4. The number of hydrogen-bond donors (Lipinski definition) is 1. The minimum absolute atomic E-state index is 1.06. The number of nitrogens with zero attached hydrogens (tertiary/aromatic N) is 1. The summed E-state index contributed by atoms with van der Waals surface area (Å²) in [7, 11) is 0. The third-order valence-corrected chi connectivity index (χ3v) is 6.34. The molecule has 0 aliphatic rings. The van der Waals surface area contributed by atoms with Gasteiger partial charge in [-0.3, -0.25) is 0 Å². The van der Waals surface area contributed by atoms with E-state index in [-0.39, 0.29) is 0 Å². The van der Waals surface area contributed by atoms with Gasteiger partial charge < -0.3 is 4.98 Å². The van der Waals surface area contributed by atoms with Crippen LogP contribution in [0, 0.1) is 0 Å². The number of aromatic nitrogens is 2. The van der Waals surface area contributed by atoms with Gasteiger partial charge in [-0.25, -0.2) is 4.98 Å². The average molecular weight is 376 g/mol. The molecule has 1 N–H and O–H groups in total. The van der Waals surface area contributed by atoms with E-state index in [1.807, 2.05) is 6.07 Å². The maximum atomic E-state index is 4.83. The molecule has 0 saturated carbocycles. The van der Waals surface area contributed by atoms with Crippen molar-refractivity contribution in [2.75, 3.05) is 0 Å². The summed E-state index contributed by atoms with van der Waals surface area (Å²) in [5.74, 6) is 0. The lowest BCUT2D eigenvalue weighted by atomic mass is 10.0. The summed E-state index contributed by atoms with van der Waals surface area (Å²) in [6.45, 7) is 0. The highest BCUT2D eigenvalue weighted by Gasteiger charge is 2.11. The van der Waals surface area contributed by atoms with Crippen molar-refractivity contribution < 1.29 is 0 Å². The second kappa shape index (κ2) is 6.04. The summed E-state index contributed by atoms with van der Waals surface area (Å²) in [6.07, 6.45) is 0.